The number of aromatic hydroxyl groups is 2. The number of carboxylic acid groups (broad SMARTS) is 4. The average Bonchev–Trinajstić information content (AvgIpc) is 0.782. The molecule has 0 saturated carbocycles. The number of unbranched alkanes of at least 4 members (excludes halogenated alkanes) is 6. The summed E-state index contributed by atoms with van der Waals surface area (Å²) in [6, 6.07) is 41.1. The van der Waals surface area contributed by atoms with Gasteiger partial charge >= 0.3 is 213 Å². The van der Waals surface area contributed by atoms with Crippen molar-refractivity contribution in [3.05, 3.63) is 253 Å². The molecule has 134 heavy (non-hydrogen) atoms. The average molecular weight is 1970 g/mol. The molecule has 0 aliphatic heterocycles. The van der Waals surface area contributed by atoms with Gasteiger partial charge in [0.1, 0.15) is 65.9 Å². The summed E-state index contributed by atoms with van der Waals surface area (Å²) in [6.45, 7) is 8.12. The maximum atomic E-state index is 13.0. The van der Waals surface area contributed by atoms with E-state index in [1.165, 1.54) is 121 Å². The van der Waals surface area contributed by atoms with Crippen LogP contribution in [0.25, 0.3) is 22.3 Å². The van der Waals surface area contributed by atoms with Crippen LogP contribution in [0.4, 0.5) is 45.5 Å². The second kappa shape index (κ2) is 60.1. The van der Waals surface area contributed by atoms with Crippen molar-refractivity contribution in [2.24, 2.45) is 30.7 Å². The van der Waals surface area contributed by atoms with Crippen molar-refractivity contribution in [2.75, 3.05) is 37.3 Å². The van der Waals surface area contributed by atoms with Crippen molar-refractivity contribution in [2.45, 2.75) is 70.9 Å². The van der Waals surface area contributed by atoms with Crippen LogP contribution in [-0.4, -0.2) is 121 Å². The predicted molar refractivity (Wildman–Crippen MR) is 440 cm³/mol. The summed E-state index contributed by atoms with van der Waals surface area (Å²) in [7, 11) is -10.4. The number of phenols is 2. The molecule has 0 aromatic heterocycles. The summed E-state index contributed by atoms with van der Waals surface area (Å²) in [6.07, 6.45) is 8.45. The van der Waals surface area contributed by atoms with Gasteiger partial charge in [0.15, 0.2) is 0 Å². The number of nitrogens with zero attached hydrogens (tertiary/aromatic N) is 6. The van der Waals surface area contributed by atoms with E-state index in [9.17, 15) is 105 Å². The minimum Gasteiger partial charge on any atom is -0.744 e. The first kappa shape index (κ1) is 119. The Hall–Kier alpha value is -8.68. The van der Waals surface area contributed by atoms with E-state index in [0.29, 0.717) is 74.9 Å². The van der Waals surface area contributed by atoms with Gasteiger partial charge in [-0.25, -0.2) is 45.6 Å². The minimum atomic E-state index is -5.28. The van der Waals surface area contributed by atoms with Gasteiger partial charge in [-0.15, -0.1) is 0 Å². The first-order chi connectivity index (χ1) is 61.3. The third-order valence-corrected chi connectivity index (χ3v) is 20.4. The molecule has 666 valence electrons. The summed E-state index contributed by atoms with van der Waals surface area (Å²) in [5.41, 5.74) is 3.54. The molecule has 10 aromatic rings. The summed E-state index contributed by atoms with van der Waals surface area (Å²) in [4.78, 5) is 93.7. The molecule has 0 bridgehead atoms. The Kier molecular flexibility index (Phi) is 53.6. The fourth-order valence-electron chi connectivity index (χ4n) is 11.2. The van der Waals surface area contributed by atoms with Gasteiger partial charge in [0.25, 0.3) is 0 Å². The molecule has 10 aromatic carbocycles. The van der Waals surface area contributed by atoms with Crippen molar-refractivity contribution in [3.8, 4) is 56.8 Å². The fourth-order valence-corrected chi connectivity index (χ4v) is 13.7. The van der Waals surface area contributed by atoms with Crippen molar-refractivity contribution in [3.63, 3.8) is 0 Å². The third kappa shape index (κ3) is 37.7. The van der Waals surface area contributed by atoms with Crippen LogP contribution in [0.15, 0.2) is 270 Å². The Balaban J connectivity index is 0.000000783. The number of anilines is 2. The largest absolute Gasteiger partial charge is 1.00 e. The Bertz CT molecular complexity index is 6140. The van der Waals surface area contributed by atoms with E-state index in [1.54, 1.807) is 24.3 Å². The number of ether oxygens (including phenoxy) is 6. The number of carbonyl (C=O) groups is 8. The van der Waals surface area contributed by atoms with Gasteiger partial charge < -0.3 is 99.1 Å². The second-order valence-corrected chi connectivity index (χ2v) is 30.2. The predicted octanol–water partition coefficient (Wildman–Crippen LogP) is -5.00. The monoisotopic (exact) mass is 1970 g/mol. The molecule has 0 spiro atoms. The van der Waals surface area contributed by atoms with E-state index in [0.717, 1.165) is 99.2 Å². The molecule has 0 aliphatic carbocycles. The number of esters is 4. The third-order valence-electron chi connectivity index (χ3n) is 17.3. The van der Waals surface area contributed by atoms with E-state index in [4.69, 9.17) is 28.4 Å². The van der Waals surface area contributed by atoms with Gasteiger partial charge in [-0.05, 0) is 232 Å². The normalized spacial score (nSPS) is 10.8. The number of hydrogen-bond donors (Lipinski definition) is 6. The maximum Gasteiger partial charge on any atom is 1.00 e. The fraction of sp³-hybridized carbons (Fsp3) is 0.143. The zero-order valence-electron chi connectivity index (χ0n) is 72.1. The topological polar surface area (TPSA) is 615 Å². The van der Waals surface area contributed by atoms with Gasteiger partial charge in [0.2, 0.25) is 0 Å². The first-order valence-corrected chi connectivity index (χ1v) is 41.5. The molecule has 0 amide bonds. The zero-order valence-corrected chi connectivity index (χ0v) is 87.3. The molecule has 0 radical (unpaired) electrons. The molecular formula is C84H68N8Na6O32S4. The Morgan fingerprint density at radius 2 is 0.694 bits per heavy atom. The number of azo groups is 3. The van der Waals surface area contributed by atoms with E-state index in [1.807, 2.05) is 0 Å². The van der Waals surface area contributed by atoms with Gasteiger partial charge in [-0.1, -0.05) is 37.4 Å². The Labute approximate surface area is 905 Å². The van der Waals surface area contributed by atoms with Crippen molar-refractivity contribution >= 4 is 138 Å². The molecule has 0 heterocycles. The van der Waals surface area contributed by atoms with Gasteiger partial charge in [0, 0.05) is 44.2 Å². The van der Waals surface area contributed by atoms with Crippen molar-refractivity contribution in [1.82, 2.24) is 0 Å². The van der Waals surface area contributed by atoms with E-state index in [2.05, 4.69) is 73.4 Å². The number of nitrogens with one attached hydrogen (secondary N) is 2. The molecular weight excluding hydrogens is 1900 g/mol. The molecule has 0 aliphatic rings. The summed E-state index contributed by atoms with van der Waals surface area (Å²) < 4.78 is 116. The van der Waals surface area contributed by atoms with Crippen LogP contribution >= 0.6 is 24.1 Å². The van der Waals surface area contributed by atoms with E-state index < -0.39 is 112 Å². The first-order valence-electron chi connectivity index (χ1n) is 37.2. The van der Waals surface area contributed by atoms with Crippen molar-refractivity contribution < 1.29 is 330 Å². The molecule has 0 atom stereocenters. The van der Waals surface area contributed by atoms with Gasteiger partial charge in [0.05, 0.1) is 129 Å². The van der Waals surface area contributed by atoms with Crippen molar-refractivity contribution in [1.29, 1.82) is 0 Å². The molecule has 0 saturated heterocycles. The number of hydrogen-bond acceptors (Lipinski definition) is 40. The SMILES string of the molecule is C=CC(=O)OCCCCCCOc1ccc(C(=O)Oc2ccc(N=Nc3ccc(-c4ccc(N=Nc5ccc(OC(=O)c6ccc(OCCCCCCOC(=O)C=C)cc6)c(C(=O)O)c5)cc4S(=O)(=O)[O-])c(SOO[O-])c3)cc2C(=O)O)cc1.O=C([O-])c1cc(N=Nc2ccc(-c3ccc(NNc4ccc(O)c(C(=O)[O-])c4)cc3S(=O)(=O)[O-])c(SOO[O-])c2)ccc1O.[Na+].[Na+].[Na+].[Na+].[Na+].[Na+]. The van der Waals surface area contributed by atoms with Gasteiger partial charge in [-0.2, -0.15) is 39.4 Å². The smallest absolute Gasteiger partial charge is 0.744 e. The number of carboxylic acids is 4. The van der Waals surface area contributed by atoms with Crippen LogP contribution in [0.2, 0.25) is 0 Å². The molecule has 40 nitrogen and oxygen atoms in total. The van der Waals surface area contributed by atoms with Crippen LogP contribution in [0.5, 0.6) is 34.5 Å². The number of hydrazine groups is 1. The van der Waals surface area contributed by atoms with Gasteiger partial charge in [-0.3, -0.25) is 10.1 Å². The summed E-state index contributed by atoms with van der Waals surface area (Å²) >= 11 is 0.694. The molecule has 0 fully saturated rings. The van der Waals surface area contributed by atoms with Crippen LogP contribution < -0.4 is 228 Å². The summed E-state index contributed by atoms with van der Waals surface area (Å²) in [5, 5.41) is 114. The minimum absolute atomic E-state index is 0. The van der Waals surface area contributed by atoms with E-state index >= 15 is 0 Å². The van der Waals surface area contributed by atoms with Crippen LogP contribution in [0, 0.1) is 0 Å². The van der Waals surface area contributed by atoms with E-state index in [-0.39, 0.29) is 278 Å². The quantitative estimate of drug-likeness (QED) is 0.00178. The number of carbonyl (C=O) groups excluding carboxylic acids is 6. The second-order valence-electron chi connectivity index (χ2n) is 26.0. The maximum absolute atomic E-state index is 13.0. The molecule has 6 N–H and O–H groups in total. The molecule has 0 unspecified atom stereocenters. The Morgan fingerprint density at radius 1 is 0.381 bits per heavy atom. The number of benzene rings is 10. The van der Waals surface area contributed by atoms with Crippen LogP contribution in [0.3, 0.4) is 0 Å². The standard InChI is InChI=1S/C58H54N4O20S2.C26H20N4O12S2.6Na/c1-3-53(63)77-31-11-7-5-9-29-75-43-21-13-37(14-22-43)57(69)79-49-27-19-39(33-47(49)55(65)66)59-61-41-17-25-45(51(35-41)83-82-81-71)46-26-18-42(36-52(46)84(72,73)74)62-60-40-20-28-50(48(34-40)56(67)68)80-58(70)38-15-23-44(24-16-38)76-30-10-6-8-12-32-78-54(64)4-2;31-21-7-3-13(9-19(21)25(33)34)27-29-15-1-5-17(23(11-15)43-42-41-37)18-6-2-16(12-24(18)44(38,39)40)30-28-14-4-8-22(32)20(10-14)26(35)36;;;;;;/h3-4,13-28,33-36,71H,1-2,5-12,29-32H2,(H,65,66)(H,67,68)(H,72,73,74);1-12,28,30-32,37H,(H,33,34)(H,35,36)(H,38,39,40);;;;;;/q;;6*+1/p-6. The van der Waals surface area contributed by atoms with Crippen LogP contribution in [-0.2, 0) is 58.0 Å². The number of rotatable bonds is 45. The Morgan fingerprint density at radius 3 is 1.07 bits per heavy atom. The zero-order chi connectivity index (χ0) is 92.5. The number of aromatic carboxylic acids is 4. The van der Waals surface area contributed by atoms with Crippen LogP contribution in [0.1, 0.15) is 114 Å². The molecule has 50 heteroatoms. The summed E-state index contributed by atoms with van der Waals surface area (Å²) in [5.74, 6) is -9.56. The molecule has 10 rings (SSSR count).